The van der Waals surface area contributed by atoms with Gasteiger partial charge in [-0.25, -0.2) is 5.43 Å². The fourth-order valence-electron chi connectivity index (χ4n) is 5.08. The lowest BCUT2D eigenvalue weighted by atomic mass is 9.51. The number of hydrogen-bond donors (Lipinski definition) is 4. The lowest BCUT2D eigenvalue weighted by Crippen LogP contribution is -2.58. The monoisotopic (exact) mass is 345 g/mol. The lowest BCUT2D eigenvalue weighted by molar-refractivity contribution is -0.370. The van der Waals surface area contributed by atoms with E-state index in [1.165, 1.54) is 11.1 Å². The van der Waals surface area contributed by atoms with Crippen LogP contribution in [0.1, 0.15) is 39.0 Å². The summed E-state index contributed by atoms with van der Waals surface area (Å²) in [6.45, 7) is 2.15. The van der Waals surface area contributed by atoms with E-state index in [4.69, 9.17) is 25.5 Å². The van der Waals surface area contributed by atoms with E-state index in [1.807, 2.05) is 0 Å². The van der Waals surface area contributed by atoms with Crippen LogP contribution >= 0.6 is 0 Å². The zero-order valence-electron chi connectivity index (χ0n) is 14.2. The Bertz CT molecular complexity index is 696. The standard InChI is InChI=1S/C17H23N5O3/c1-9-6-10-7-11-8-13(14(10)11)17(9)23-16(24-25-17)4-2-12(3-5-16)20-15(18)21-22-19/h6,8-9,12-14H,2-5,7H2,1H3,(H4,18,19,20,21). The highest BCUT2D eigenvalue weighted by molar-refractivity contribution is 5.76. The molecule has 4 unspecified atom stereocenters. The number of allylic oxidation sites excluding steroid dienone is 2. The van der Waals surface area contributed by atoms with Crippen molar-refractivity contribution in [1.82, 2.24) is 10.7 Å². The number of ether oxygens (including phenoxy) is 1. The molecule has 8 nitrogen and oxygen atoms in total. The van der Waals surface area contributed by atoms with E-state index < -0.39 is 11.6 Å². The average molecular weight is 345 g/mol. The molecule has 8 heteroatoms. The van der Waals surface area contributed by atoms with Crippen molar-refractivity contribution < 1.29 is 14.5 Å². The van der Waals surface area contributed by atoms with Gasteiger partial charge in [0.25, 0.3) is 0 Å². The van der Waals surface area contributed by atoms with Gasteiger partial charge in [0.2, 0.25) is 17.5 Å². The maximum atomic E-state index is 7.65. The molecule has 5 rings (SSSR count). The number of nitrogens with zero attached hydrogens (tertiary/aromatic N) is 1. The molecule has 0 aromatic carbocycles. The molecular weight excluding hydrogens is 322 g/mol. The summed E-state index contributed by atoms with van der Waals surface area (Å²) in [5.41, 5.74) is 12.1. The van der Waals surface area contributed by atoms with E-state index in [0.29, 0.717) is 5.92 Å². The summed E-state index contributed by atoms with van der Waals surface area (Å²) < 4.78 is 6.56. The van der Waals surface area contributed by atoms with Gasteiger partial charge in [-0.15, -0.1) is 0 Å². The second-order valence-corrected chi connectivity index (χ2v) is 7.87. The highest BCUT2D eigenvalue weighted by atomic mass is 17.3. The first-order chi connectivity index (χ1) is 12.1. The van der Waals surface area contributed by atoms with Crippen LogP contribution in [-0.2, 0) is 14.5 Å². The predicted molar refractivity (Wildman–Crippen MR) is 87.0 cm³/mol. The molecule has 5 aliphatic rings. The van der Waals surface area contributed by atoms with Gasteiger partial charge in [-0.2, -0.15) is 15.3 Å². The average Bonchev–Trinajstić information content (AvgIpc) is 2.93. The van der Waals surface area contributed by atoms with Crippen LogP contribution in [0.2, 0.25) is 0 Å². The fourth-order valence-corrected chi connectivity index (χ4v) is 5.08. The van der Waals surface area contributed by atoms with Crippen LogP contribution in [0, 0.1) is 28.7 Å². The minimum Gasteiger partial charge on any atom is -0.352 e. The summed E-state index contributed by atoms with van der Waals surface area (Å²) >= 11 is 0. The second kappa shape index (κ2) is 5.12. The van der Waals surface area contributed by atoms with E-state index >= 15 is 0 Å². The Morgan fingerprint density at radius 2 is 2.00 bits per heavy atom. The molecule has 4 atom stereocenters. The second-order valence-electron chi connectivity index (χ2n) is 7.87. The maximum absolute atomic E-state index is 7.65. The Hall–Kier alpha value is -1.77. The van der Waals surface area contributed by atoms with Crippen molar-refractivity contribution in [2.75, 3.05) is 0 Å². The molecular formula is C17H23N5O3. The van der Waals surface area contributed by atoms with Crippen LogP contribution in [0.15, 0.2) is 28.5 Å². The molecule has 4 aliphatic carbocycles. The summed E-state index contributed by atoms with van der Waals surface area (Å²) in [6, 6.07) is 0.147. The van der Waals surface area contributed by atoms with Gasteiger partial charge >= 0.3 is 0 Å². The summed E-state index contributed by atoms with van der Waals surface area (Å²) in [4.78, 5) is 11.7. The third kappa shape index (κ3) is 2.07. The third-order valence-corrected chi connectivity index (χ3v) is 6.46. The topological polar surface area (TPSA) is 112 Å². The Labute approximate surface area is 145 Å². The van der Waals surface area contributed by atoms with Crippen molar-refractivity contribution in [2.24, 2.45) is 23.0 Å². The smallest absolute Gasteiger partial charge is 0.217 e. The molecule has 25 heavy (non-hydrogen) atoms. The lowest BCUT2D eigenvalue weighted by Gasteiger charge is -2.57. The Balaban J connectivity index is 1.27. The van der Waals surface area contributed by atoms with Gasteiger partial charge in [0.1, 0.15) is 0 Å². The molecule has 1 heterocycles. The molecule has 1 aliphatic heterocycles. The first kappa shape index (κ1) is 15.5. The number of rotatable bonds is 2. The van der Waals surface area contributed by atoms with Crippen LogP contribution in [0.3, 0.4) is 0 Å². The van der Waals surface area contributed by atoms with Crippen molar-refractivity contribution in [3.8, 4) is 0 Å². The van der Waals surface area contributed by atoms with Crippen LogP contribution in [0.25, 0.3) is 0 Å². The highest BCUT2D eigenvalue weighted by Crippen LogP contribution is 2.64. The van der Waals surface area contributed by atoms with E-state index in [1.54, 1.807) is 0 Å². The van der Waals surface area contributed by atoms with Gasteiger partial charge in [0, 0.05) is 36.6 Å². The summed E-state index contributed by atoms with van der Waals surface area (Å²) in [6.07, 6.45) is 8.81. The quantitative estimate of drug-likeness (QED) is 0.153. The van der Waals surface area contributed by atoms with Crippen molar-refractivity contribution in [3.63, 3.8) is 0 Å². The largest absolute Gasteiger partial charge is 0.352 e. The SMILES string of the molecule is CC1C=C2CC3=CC(C23)C12OOC1(CCC(NC(=N)NN=N)CC1)O2. The Morgan fingerprint density at radius 1 is 1.24 bits per heavy atom. The molecule has 2 saturated carbocycles. The van der Waals surface area contributed by atoms with Gasteiger partial charge in [-0.05, 0) is 19.3 Å². The van der Waals surface area contributed by atoms with Crippen LogP contribution in [0.5, 0.6) is 0 Å². The number of hydrogen-bond acceptors (Lipinski definition) is 6. The summed E-state index contributed by atoms with van der Waals surface area (Å²) in [5.74, 6) is -0.344. The normalized spacial score (nSPS) is 46.4. The number of fused-ring (bicyclic) bond motifs is 1. The molecule has 3 fully saturated rings. The minimum atomic E-state index is -0.684. The van der Waals surface area contributed by atoms with Gasteiger partial charge in [-0.1, -0.05) is 35.4 Å². The van der Waals surface area contributed by atoms with E-state index in [2.05, 4.69) is 35.0 Å². The van der Waals surface area contributed by atoms with E-state index in [9.17, 15) is 0 Å². The minimum absolute atomic E-state index is 0.0487. The molecule has 2 spiro atoms. The van der Waals surface area contributed by atoms with Gasteiger partial charge in [-0.3, -0.25) is 5.41 Å². The highest BCUT2D eigenvalue weighted by Gasteiger charge is 2.66. The fraction of sp³-hybridized carbons (Fsp3) is 0.706. The van der Waals surface area contributed by atoms with Gasteiger partial charge < -0.3 is 10.1 Å². The molecule has 0 bridgehead atoms. The molecule has 0 amide bonds. The maximum Gasteiger partial charge on any atom is 0.217 e. The predicted octanol–water partition coefficient (Wildman–Crippen LogP) is 2.51. The molecule has 0 radical (unpaired) electrons. The van der Waals surface area contributed by atoms with Crippen LogP contribution in [0.4, 0.5) is 0 Å². The van der Waals surface area contributed by atoms with Crippen LogP contribution in [-0.4, -0.2) is 23.6 Å². The van der Waals surface area contributed by atoms with E-state index in [-0.39, 0.29) is 23.8 Å². The third-order valence-electron chi connectivity index (χ3n) is 6.46. The summed E-state index contributed by atoms with van der Waals surface area (Å²) in [5, 5.41) is 13.7. The van der Waals surface area contributed by atoms with E-state index in [0.717, 1.165) is 32.1 Å². The van der Waals surface area contributed by atoms with Crippen LogP contribution < -0.4 is 10.7 Å². The zero-order valence-corrected chi connectivity index (χ0v) is 14.2. The first-order valence-electron chi connectivity index (χ1n) is 9.01. The van der Waals surface area contributed by atoms with Crippen molar-refractivity contribution in [3.05, 3.63) is 23.3 Å². The molecule has 0 aromatic heterocycles. The molecule has 1 saturated heterocycles. The van der Waals surface area contributed by atoms with Crippen molar-refractivity contribution in [2.45, 2.75) is 56.6 Å². The zero-order chi connectivity index (χ0) is 17.2. The number of nitrogens with one attached hydrogen (secondary N) is 4. The van der Waals surface area contributed by atoms with Gasteiger partial charge in [0.05, 0.1) is 0 Å². The molecule has 134 valence electrons. The summed E-state index contributed by atoms with van der Waals surface area (Å²) in [7, 11) is 0. The Kier molecular flexibility index (Phi) is 3.17. The van der Waals surface area contributed by atoms with Gasteiger partial charge in [0.15, 0.2) is 0 Å². The Morgan fingerprint density at radius 3 is 2.72 bits per heavy atom. The molecule has 4 N–H and O–H groups in total. The first-order valence-corrected chi connectivity index (χ1v) is 9.01. The van der Waals surface area contributed by atoms with Crippen molar-refractivity contribution >= 4 is 5.96 Å². The van der Waals surface area contributed by atoms with Crippen molar-refractivity contribution in [1.29, 1.82) is 10.9 Å². The number of guanidine groups is 1. The molecule has 0 aromatic rings.